The minimum absolute atomic E-state index is 0.120. The minimum Gasteiger partial charge on any atom is -0.487 e. The maximum absolute atomic E-state index is 12.8. The number of rotatable bonds is 7. The first-order valence-electron chi connectivity index (χ1n) is 9.22. The van der Waals surface area contributed by atoms with E-state index in [9.17, 15) is 14.7 Å². The first-order chi connectivity index (χ1) is 13.5. The summed E-state index contributed by atoms with van der Waals surface area (Å²) in [5.74, 6) is -0.568. The Kier molecular flexibility index (Phi) is 6.26. The summed E-state index contributed by atoms with van der Waals surface area (Å²) in [5, 5.41) is 12.2. The average Bonchev–Trinajstić information content (AvgIpc) is 2.68. The third-order valence-corrected chi connectivity index (χ3v) is 4.80. The number of hydrogen-bond donors (Lipinski definition) is 2. The van der Waals surface area contributed by atoms with Gasteiger partial charge in [0, 0.05) is 24.5 Å². The molecule has 0 aliphatic carbocycles. The molecule has 0 radical (unpaired) electrons. The molecule has 7 heteroatoms. The van der Waals surface area contributed by atoms with Crippen LogP contribution in [-0.4, -0.2) is 40.7 Å². The Morgan fingerprint density at radius 2 is 2.04 bits per heavy atom. The number of carbonyl (C=O) groups excluding carboxylic acids is 1. The SMILES string of the molecule is Cc1ccc(OCc2cccc(C(=O)NC3(CC(=O)O)CCOCC3)c2)cn1. The summed E-state index contributed by atoms with van der Waals surface area (Å²) in [6.07, 6.45) is 2.50. The molecule has 1 aromatic heterocycles. The molecular formula is C21H24N2O5. The van der Waals surface area contributed by atoms with Crippen LogP contribution in [0.3, 0.4) is 0 Å². The van der Waals surface area contributed by atoms with Crippen LogP contribution in [0.1, 0.15) is 40.9 Å². The quantitative estimate of drug-likeness (QED) is 0.762. The number of ether oxygens (including phenoxy) is 2. The second-order valence-corrected chi connectivity index (χ2v) is 7.04. The zero-order valence-electron chi connectivity index (χ0n) is 15.8. The number of aliphatic carboxylic acids is 1. The van der Waals surface area contributed by atoms with Crippen LogP contribution >= 0.6 is 0 Å². The predicted octanol–water partition coefficient (Wildman–Crippen LogP) is 2.72. The Hall–Kier alpha value is -2.93. The van der Waals surface area contributed by atoms with Gasteiger partial charge in [-0.3, -0.25) is 14.6 Å². The summed E-state index contributed by atoms with van der Waals surface area (Å²) in [6.45, 7) is 3.08. The lowest BCUT2D eigenvalue weighted by Crippen LogP contribution is -2.53. The van der Waals surface area contributed by atoms with E-state index in [1.54, 1.807) is 24.4 Å². The summed E-state index contributed by atoms with van der Waals surface area (Å²) < 4.78 is 11.0. The number of hydrogen-bond acceptors (Lipinski definition) is 5. The van der Waals surface area contributed by atoms with E-state index in [1.165, 1.54) is 0 Å². The Labute approximate surface area is 163 Å². The van der Waals surface area contributed by atoms with Crippen LogP contribution in [0.5, 0.6) is 5.75 Å². The lowest BCUT2D eigenvalue weighted by atomic mass is 9.86. The summed E-state index contributed by atoms with van der Waals surface area (Å²) in [4.78, 5) is 28.2. The summed E-state index contributed by atoms with van der Waals surface area (Å²) in [6, 6.07) is 10.8. The van der Waals surface area contributed by atoms with Crippen LogP contribution in [0.4, 0.5) is 0 Å². The number of carbonyl (C=O) groups is 2. The fraction of sp³-hybridized carbons (Fsp3) is 0.381. The van der Waals surface area contributed by atoms with E-state index < -0.39 is 11.5 Å². The molecule has 1 aromatic carbocycles. The van der Waals surface area contributed by atoms with E-state index in [0.29, 0.717) is 44.0 Å². The van der Waals surface area contributed by atoms with Gasteiger partial charge in [-0.1, -0.05) is 12.1 Å². The second kappa shape index (κ2) is 8.84. The van der Waals surface area contributed by atoms with Crippen LogP contribution in [0.25, 0.3) is 0 Å². The van der Waals surface area contributed by atoms with Crippen LogP contribution in [0.2, 0.25) is 0 Å². The second-order valence-electron chi connectivity index (χ2n) is 7.04. The van der Waals surface area contributed by atoms with Crippen LogP contribution < -0.4 is 10.1 Å². The van der Waals surface area contributed by atoms with Gasteiger partial charge < -0.3 is 19.9 Å². The highest BCUT2D eigenvalue weighted by atomic mass is 16.5. The highest BCUT2D eigenvalue weighted by molar-refractivity contribution is 5.95. The molecule has 7 nitrogen and oxygen atoms in total. The lowest BCUT2D eigenvalue weighted by Gasteiger charge is -2.36. The zero-order valence-corrected chi connectivity index (χ0v) is 15.8. The molecule has 1 amide bonds. The van der Waals surface area contributed by atoms with E-state index >= 15 is 0 Å². The Balaban J connectivity index is 1.67. The molecule has 1 aliphatic rings. The van der Waals surface area contributed by atoms with E-state index in [1.807, 2.05) is 25.1 Å². The van der Waals surface area contributed by atoms with Crippen LogP contribution in [-0.2, 0) is 16.1 Å². The minimum atomic E-state index is -0.934. The Morgan fingerprint density at radius 1 is 1.25 bits per heavy atom. The van der Waals surface area contributed by atoms with Crippen molar-refractivity contribution < 1.29 is 24.2 Å². The average molecular weight is 384 g/mol. The molecule has 2 N–H and O–H groups in total. The third kappa shape index (κ3) is 5.29. The molecule has 2 aromatic rings. The maximum Gasteiger partial charge on any atom is 0.305 e. The monoisotopic (exact) mass is 384 g/mol. The number of pyridine rings is 1. The number of aryl methyl sites for hydroxylation is 1. The topological polar surface area (TPSA) is 97.8 Å². The molecule has 0 unspecified atom stereocenters. The van der Waals surface area contributed by atoms with Gasteiger partial charge in [-0.2, -0.15) is 0 Å². The van der Waals surface area contributed by atoms with Crippen molar-refractivity contribution in [1.29, 1.82) is 0 Å². The highest BCUT2D eigenvalue weighted by Gasteiger charge is 2.36. The number of aromatic nitrogens is 1. The smallest absolute Gasteiger partial charge is 0.305 e. The molecule has 0 spiro atoms. The van der Waals surface area contributed by atoms with Gasteiger partial charge in [0.05, 0.1) is 18.2 Å². The molecule has 28 heavy (non-hydrogen) atoms. The van der Waals surface area contributed by atoms with E-state index in [4.69, 9.17) is 9.47 Å². The standard InChI is InChI=1S/C21H24N2O5/c1-15-5-6-18(13-22-15)28-14-16-3-2-4-17(11-16)20(26)23-21(12-19(24)25)7-9-27-10-8-21/h2-6,11,13H,7-10,12,14H2,1H3,(H,23,26)(H,24,25). The van der Waals surface area contributed by atoms with Crippen molar-refractivity contribution in [2.45, 2.75) is 38.3 Å². The number of benzene rings is 1. The molecule has 1 saturated heterocycles. The molecular weight excluding hydrogens is 360 g/mol. The van der Waals surface area contributed by atoms with E-state index in [-0.39, 0.29) is 12.3 Å². The number of nitrogens with zero attached hydrogens (tertiary/aromatic N) is 1. The highest BCUT2D eigenvalue weighted by Crippen LogP contribution is 2.25. The number of amides is 1. The molecule has 1 aliphatic heterocycles. The van der Waals surface area contributed by atoms with Crippen molar-refractivity contribution in [2.75, 3.05) is 13.2 Å². The molecule has 0 bridgehead atoms. The molecule has 0 saturated carbocycles. The van der Waals surface area contributed by atoms with Gasteiger partial charge in [-0.25, -0.2) is 0 Å². The Morgan fingerprint density at radius 3 is 2.71 bits per heavy atom. The van der Waals surface area contributed by atoms with E-state index in [2.05, 4.69) is 10.3 Å². The first-order valence-corrected chi connectivity index (χ1v) is 9.22. The van der Waals surface area contributed by atoms with Crippen molar-refractivity contribution in [1.82, 2.24) is 10.3 Å². The number of carboxylic acid groups (broad SMARTS) is 1. The fourth-order valence-corrected chi connectivity index (χ4v) is 3.22. The number of carboxylic acids is 1. The fourth-order valence-electron chi connectivity index (χ4n) is 3.22. The molecule has 2 heterocycles. The van der Waals surface area contributed by atoms with Crippen molar-refractivity contribution in [3.8, 4) is 5.75 Å². The molecule has 0 atom stereocenters. The van der Waals surface area contributed by atoms with Gasteiger partial charge in [0.2, 0.25) is 0 Å². The van der Waals surface area contributed by atoms with Gasteiger partial charge in [-0.05, 0) is 49.6 Å². The normalized spacial score (nSPS) is 15.6. The zero-order chi connectivity index (χ0) is 20.0. The number of nitrogens with one attached hydrogen (secondary N) is 1. The van der Waals surface area contributed by atoms with Crippen molar-refractivity contribution in [3.63, 3.8) is 0 Å². The van der Waals surface area contributed by atoms with Gasteiger partial charge in [0.25, 0.3) is 5.91 Å². The summed E-state index contributed by atoms with van der Waals surface area (Å²) in [7, 11) is 0. The third-order valence-electron chi connectivity index (χ3n) is 4.80. The van der Waals surface area contributed by atoms with Crippen molar-refractivity contribution in [2.24, 2.45) is 0 Å². The van der Waals surface area contributed by atoms with E-state index in [0.717, 1.165) is 11.3 Å². The van der Waals surface area contributed by atoms with Crippen molar-refractivity contribution >= 4 is 11.9 Å². The van der Waals surface area contributed by atoms with Crippen LogP contribution in [0, 0.1) is 6.92 Å². The molecule has 148 valence electrons. The molecule has 3 rings (SSSR count). The first kappa shape index (κ1) is 19.8. The van der Waals surface area contributed by atoms with Gasteiger partial charge in [0.15, 0.2) is 0 Å². The lowest BCUT2D eigenvalue weighted by molar-refractivity contribution is -0.139. The molecule has 1 fully saturated rings. The summed E-state index contributed by atoms with van der Waals surface area (Å²) in [5.41, 5.74) is 1.45. The summed E-state index contributed by atoms with van der Waals surface area (Å²) >= 11 is 0. The van der Waals surface area contributed by atoms with Crippen molar-refractivity contribution in [3.05, 3.63) is 59.4 Å². The predicted molar refractivity (Wildman–Crippen MR) is 102 cm³/mol. The Bertz CT molecular complexity index is 829. The van der Waals surface area contributed by atoms with Gasteiger partial charge in [-0.15, -0.1) is 0 Å². The maximum atomic E-state index is 12.8. The van der Waals surface area contributed by atoms with Crippen LogP contribution in [0.15, 0.2) is 42.6 Å². The largest absolute Gasteiger partial charge is 0.487 e. The van der Waals surface area contributed by atoms with Gasteiger partial charge >= 0.3 is 5.97 Å². The van der Waals surface area contributed by atoms with Gasteiger partial charge in [0.1, 0.15) is 12.4 Å².